The van der Waals surface area contributed by atoms with Gasteiger partial charge in [-0.15, -0.1) is 0 Å². The molecule has 0 saturated carbocycles. The lowest BCUT2D eigenvalue weighted by Crippen LogP contribution is -2.19. The highest BCUT2D eigenvalue weighted by Crippen LogP contribution is 2.25. The number of halogens is 2. The number of hydrogen-bond donors (Lipinski definition) is 1. The van der Waals surface area contributed by atoms with Crippen molar-refractivity contribution in [3.63, 3.8) is 0 Å². The molecule has 94 valence electrons. The lowest BCUT2D eigenvalue weighted by Gasteiger charge is -2.18. The predicted molar refractivity (Wildman–Crippen MR) is 78.9 cm³/mol. The molecule has 2 nitrogen and oxygen atoms in total. The number of pyridine rings is 1. The van der Waals surface area contributed by atoms with E-state index < -0.39 is 0 Å². The lowest BCUT2D eigenvalue weighted by atomic mass is 10.00. The van der Waals surface area contributed by atoms with Gasteiger partial charge < -0.3 is 5.32 Å². The molecule has 1 aromatic carbocycles. The largest absolute Gasteiger partial charge is 0.313 e. The van der Waals surface area contributed by atoms with E-state index >= 15 is 0 Å². The summed E-state index contributed by atoms with van der Waals surface area (Å²) in [6.07, 6.45) is 4.52. The first-order chi connectivity index (χ1) is 8.70. The quantitative estimate of drug-likeness (QED) is 0.919. The van der Waals surface area contributed by atoms with E-state index in [4.69, 9.17) is 11.6 Å². The Bertz CT molecular complexity index is 531. The van der Waals surface area contributed by atoms with Gasteiger partial charge >= 0.3 is 0 Å². The summed E-state index contributed by atoms with van der Waals surface area (Å²) in [7, 11) is 1.94. The van der Waals surface area contributed by atoms with Gasteiger partial charge in [-0.1, -0.05) is 29.8 Å². The molecule has 18 heavy (non-hydrogen) atoms. The summed E-state index contributed by atoms with van der Waals surface area (Å²) < 4.78 is 0.994. The Kier molecular flexibility index (Phi) is 4.75. The Hall–Kier alpha value is -0.900. The topological polar surface area (TPSA) is 24.9 Å². The smallest absolute Gasteiger partial charge is 0.0453 e. The van der Waals surface area contributed by atoms with Crippen LogP contribution in [0, 0.1) is 0 Å². The average Bonchev–Trinajstić information content (AvgIpc) is 2.37. The van der Waals surface area contributed by atoms with Crippen LogP contribution in [0.4, 0.5) is 0 Å². The summed E-state index contributed by atoms with van der Waals surface area (Å²) in [5.41, 5.74) is 2.28. The number of likely N-dealkylation sites (N-methyl/N-ethyl adjacent to an activating group) is 1. The van der Waals surface area contributed by atoms with E-state index in [0.717, 1.165) is 21.5 Å². The van der Waals surface area contributed by atoms with Gasteiger partial charge in [0.1, 0.15) is 0 Å². The monoisotopic (exact) mass is 324 g/mol. The molecule has 0 amide bonds. The molecular formula is C14H14BrClN2. The second kappa shape index (κ2) is 6.32. The molecular weight excluding hydrogens is 312 g/mol. The molecule has 0 fully saturated rings. The van der Waals surface area contributed by atoms with Gasteiger partial charge in [0.2, 0.25) is 0 Å². The lowest BCUT2D eigenvalue weighted by molar-refractivity contribution is 0.591. The molecule has 4 heteroatoms. The van der Waals surface area contributed by atoms with E-state index in [1.54, 1.807) is 6.20 Å². The average molecular weight is 326 g/mol. The third-order valence-corrected chi connectivity index (χ3v) is 3.61. The first-order valence-corrected chi connectivity index (χ1v) is 6.89. The third kappa shape index (κ3) is 3.31. The fraction of sp³-hybridized carbons (Fsp3) is 0.214. The van der Waals surface area contributed by atoms with Crippen LogP contribution in [0.25, 0.3) is 0 Å². The number of rotatable bonds is 4. The summed E-state index contributed by atoms with van der Waals surface area (Å²) in [5, 5.41) is 4.09. The zero-order chi connectivity index (χ0) is 13.0. The standard InChI is InChI=1S/C14H14BrClN2/c1-17-14(12-4-2-3-5-13(12)16)7-10-6-11(15)9-18-8-10/h2-6,8-9,14,17H,7H2,1H3. The van der Waals surface area contributed by atoms with Crippen LogP contribution in [0.3, 0.4) is 0 Å². The molecule has 0 aliphatic heterocycles. The Morgan fingerprint density at radius 3 is 2.78 bits per heavy atom. The Morgan fingerprint density at radius 2 is 2.11 bits per heavy atom. The minimum absolute atomic E-state index is 0.190. The van der Waals surface area contributed by atoms with Crippen molar-refractivity contribution in [2.45, 2.75) is 12.5 Å². The third-order valence-electron chi connectivity index (χ3n) is 2.83. The molecule has 0 spiro atoms. The van der Waals surface area contributed by atoms with Gasteiger partial charge in [-0.2, -0.15) is 0 Å². The maximum atomic E-state index is 6.23. The molecule has 1 atom stereocenters. The van der Waals surface area contributed by atoms with Crippen molar-refractivity contribution in [1.29, 1.82) is 0 Å². The molecule has 0 bridgehead atoms. The van der Waals surface area contributed by atoms with Gasteiger partial charge in [0.25, 0.3) is 0 Å². The highest BCUT2D eigenvalue weighted by Gasteiger charge is 2.13. The van der Waals surface area contributed by atoms with Crippen molar-refractivity contribution < 1.29 is 0 Å². The summed E-state index contributed by atoms with van der Waals surface area (Å²) >= 11 is 9.67. The van der Waals surface area contributed by atoms with Crippen LogP contribution in [0.5, 0.6) is 0 Å². The highest BCUT2D eigenvalue weighted by molar-refractivity contribution is 9.10. The fourth-order valence-electron chi connectivity index (χ4n) is 1.93. The van der Waals surface area contributed by atoms with Crippen LogP contribution in [0.1, 0.15) is 17.2 Å². The van der Waals surface area contributed by atoms with Gasteiger partial charge in [-0.05, 0) is 52.7 Å². The van der Waals surface area contributed by atoms with Crippen molar-refractivity contribution >= 4 is 27.5 Å². The number of nitrogens with zero attached hydrogens (tertiary/aromatic N) is 1. The van der Waals surface area contributed by atoms with Gasteiger partial charge in [0, 0.05) is 27.9 Å². The Labute approximate surface area is 121 Å². The van der Waals surface area contributed by atoms with Crippen LogP contribution in [-0.2, 0) is 6.42 Å². The van der Waals surface area contributed by atoms with Gasteiger partial charge in [-0.25, -0.2) is 0 Å². The fourth-order valence-corrected chi connectivity index (χ4v) is 2.61. The van der Waals surface area contributed by atoms with E-state index in [1.165, 1.54) is 5.56 Å². The van der Waals surface area contributed by atoms with Crippen LogP contribution in [0.2, 0.25) is 5.02 Å². The van der Waals surface area contributed by atoms with E-state index in [-0.39, 0.29) is 6.04 Å². The number of nitrogens with one attached hydrogen (secondary N) is 1. The van der Waals surface area contributed by atoms with Crippen molar-refractivity contribution in [1.82, 2.24) is 10.3 Å². The van der Waals surface area contributed by atoms with E-state index in [1.807, 2.05) is 31.4 Å². The second-order valence-electron chi connectivity index (χ2n) is 4.08. The first kappa shape index (κ1) is 13.5. The van der Waals surface area contributed by atoms with Crippen molar-refractivity contribution in [3.05, 3.63) is 63.3 Å². The molecule has 2 rings (SSSR count). The second-order valence-corrected chi connectivity index (χ2v) is 5.40. The van der Waals surface area contributed by atoms with Crippen molar-refractivity contribution in [2.75, 3.05) is 7.05 Å². The van der Waals surface area contributed by atoms with E-state index in [9.17, 15) is 0 Å². The number of hydrogen-bond acceptors (Lipinski definition) is 2. The molecule has 0 saturated heterocycles. The van der Waals surface area contributed by atoms with Crippen LogP contribution < -0.4 is 5.32 Å². The molecule has 1 aromatic heterocycles. The molecule has 0 aliphatic rings. The molecule has 0 aliphatic carbocycles. The Morgan fingerprint density at radius 1 is 1.33 bits per heavy atom. The predicted octanol–water partition coefficient (Wildman–Crippen LogP) is 4.00. The molecule has 1 unspecified atom stereocenters. The number of aromatic nitrogens is 1. The van der Waals surface area contributed by atoms with Crippen molar-refractivity contribution in [3.8, 4) is 0 Å². The molecule has 2 aromatic rings. The van der Waals surface area contributed by atoms with Gasteiger partial charge in [-0.3, -0.25) is 4.98 Å². The molecule has 1 N–H and O–H groups in total. The molecule has 1 heterocycles. The SMILES string of the molecule is CNC(Cc1cncc(Br)c1)c1ccccc1Cl. The summed E-state index contributed by atoms with van der Waals surface area (Å²) in [4.78, 5) is 4.18. The summed E-state index contributed by atoms with van der Waals surface area (Å²) in [6, 6.07) is 10.2. The van der Waals surface area contributed by atoms with Crippen LogP contribution in [-0.4, -0.2) is 12.0 Å². The minimum Gasteiger partial charge on any atom is -0.313 e. The zero-order valence-corrected chi connectivity index (χ0v) is 12.4. The van der Waals surface area contributed by atoms with E-state index in [0.29, 0.717) is 0 Å². The summed E-state index contributed by atoms with van der Waals surface area (Å²) in [5.74, 6) is 0. The zero-order valence-electron chi connectivity index (χ0n) is 10.0. The Balaban J connectivity index is 2.23. The molecule has 0 radical (unpaired) electrons. The maximum absolute atomic E-state index is 6.23. The highest BCUT2D eigenvalue weighted by atomic mass is 79.9. The van der Waals surface area contributed by atoms with Gasteiger partial charge in [0.05, 0.1) is 0 Å². The summed E-state index contributed by atoms with van der Waals surface area (Å²) in [6.45, 7) is 0. The maximum Gasteiger partial charge on any atom is 0.0453 e. The van der Waals surface area contributed by atoms with Crippen molar-refractivity contribution in [2.24, 2.45) is 0 Å². The minimum atomic E-state index is 0.190. The normalized spacial score (nSPS) is 12.4. The van der Waals surface area contributed by atoms with Crippen LogP contribution >= 0.6 is 27.5 Å². The van der Waals surface area contributed by atoms with E-state index in [2.05, 4.69) is 38.4 Å². The van der Waals surface area contributed by atoms with Crippen LogP contribution in [0.15, 0.2) is 47.2 Å². The first-order valence-electron chi connectivity index (χ1n) is 5.72. The number of benzene rings is 1. The van der Waals surface area contributed by atoms with Gasteiger partial charge in [0.15, 0.2) is 0 Å².